The molecule has 0 aliphatic rings. The highest BCUT2D eigenvalue weighted by Gasteiger charge is 2.27. The van der Waals surface area contributed by atoms with Gasteiger partial charge in [-0.05, 0) is 70.6 Å². The first-order valence-electron chi connectivity index (χ1n) is 19.0. The first-order chi connectivity index (χ1) is 24.5. The summed E-state index contributed by atoms with van der Waals surface area (Å²) in [5.41, 5.74) is 0. The first-order valence-corrected chi connectivity index (χ1v) is 20.5. The predicted molar refractivity (Wildman–Crippen MR) is 202 cm³/mol. The highest BCUT2D eigenvalue weighted by Crippen LogP contribution is 2.43. The van der Waals surface area contributed by atoms with Gasteiger partial charge in [0, 0.05) is 12.8 Å². The monoisotopic (exact) mass is 744 g/mol. The zero-order valence-electron chi connectivity index (χ0n) is 31.6. The summed E-state index contributed by atoms with van der Waals surface area (Å²) in [6.07, 6.45) is 29.6. The molecule has 0 aromatic carbocycles. The number of phosphoric ester groups is 1. The fourth-order valence-electron chi connectivity index (χ4n) is 4.68. The van der Waals surface area contributed by atoms with Gasteiger partial charge in [-0.25, -0.2) is 4.57 Å². The van der Waals surface area contributed by atoms with E-state index in [1.54, 1.807) is 0 Å². The molecule has 51 heavy (non-hydrogen) atoms. The topological polar surface area (TPSA) is 169 Å². The number of unbranched alkanes of at least 4 members (excludes halogenated alkanes) is 7. The standard InChI is InChI=1S/C39H69O11P/c1-4-34(2)26-22-18-16-17-21-25-29-39(44)50-37(33-49-51(45,46)48-31-36(42)30-40)32-47-38(43)28-24-20-15-13-11-9-7-5-6-8-10-12-14-19-23-27-35(3)41/h6-9,12-15,34-37,40-42H,4-5,10-11,16-33H2,1-3H3,(H,45,46)/b8-6-,9-7-,14-12-,15-13-/t34?,35-,36+,37-/m1/s1. The number of hydrogen-bond acceptors (Lipinski definition) is 10. The van der Waals surface area contributed by atoms with Gasteiger partial charge in [-0.1, -0.05) is 107 Å². The Morgan fingerprint density at radius 1 is 0.667 bits per heavy atom. The smallest absolute Gasteiger partial charge is 0.462 e. The molecule has 0 aliphatic carbocycles. The van der Waals surface area contributed by atoms with Crippen LogP contribution in [0.2, 0.25) is 0 Å². The molecule has 0 fully saturated rings. The maximum absolute atomic E-state index is 12.5. The molecule has 4 N–H and O–H groups in total. The largest absolute Gasteiger partial charge is 0.472 e. The van der Waals surface area contributed by atoms with E-state index >= 15 is 0 Å². The second-order valence-electron chi connectivity index (χ2n) is 13.1. The van der Waals surface area contributed by atoms with Gasteiger partial charge in [-0.15, -0.1) is 0 Å². The molecule has 0 saturated heterocycles. The van der Waals surface area contributed by atoms with Gasteiger partial charge in [0.25, 0.3) is 0 Å². The third-order valence-corrected chi connectivity index (χ3v) is 9.00. The minimum atomic E-state index is -4.63. The summed E-state index contributed by atoms with van der Waals surface area (Å²) in [4.78, 5) is 34.8. The van der Waals surface area contributed by atoms with E-state index in [1.165, 1.54) is 25.7 Å². The van der Waals surface area contributed by atoms with Gasteiger partial charge in [0.1, 0.15) is 12.7 Å². The number of carbonyl (C=O) groups excluding carboxylic acids is 2. The van der Waals surface area contributed by atoms with Crippen molar-refractivity contribution in [1.82, 2.24) is 0 Å². The molecule has 0 spiro atoms. The molecule has 296 valence electrons. The van der Waals surface area contributed by atoms with E-state index in [1.807, 2.05) is 19.1 Å². The van der Waals surface area contributed by atoms with Crippen LogP contribution < -0.4 is 0 Å². The summed E-state index contributed by atoms with van der Waals surface area (Å²) in [7, 11) is -4.63. The maximum atomic E-state index is 12.5. The fraction of sp³-hybridized carbons (Fsp3) is 0.744. The number of carbonyl (C=O) groups is 2. The number of esters is 2. The van der Waals surface area contributed by atoms with Crippen molar-refractivity contribution in [3.8, 4) is 0 Å². The van der Waals surface area contributed by atoms with Crippen LogP contribution in [0.4, 0.5) is 0 Å². The lowest BCUT2D eigenvalue weighted by atomic mass is 10.00. The molecule has 0 radical (unpaired) electrons. The van der Waals surface area contributed by atoms with Crippen LogP contribution >= 0.6 is 7.82 Å². The van der Waals surface area contributed by atoms with Gasteiger partial charge in [0.2, 0.25) is 0 Å². The van der Waals surface area contributed by atoms with Crippen LogP contribution in [0.5, 0.6) is 0 Å². The Bertz CT molecular complexity index is 1020. The van der Waals surface area contributed by atoms with Crippen molar-refractivity contribution < 1.29 is 52.9 Å². The molecule has 12 heteroatoms. The van der Waals surface area contributed by atoms with E-state index in [2.05, 4.69) is 54.8 Å². The van der Waals surface area contributed by atoms with Crippen LogP contribution in [0.1, 0.15) is 136 Å². The van der Waals surface area contributed by atoms with Gasteiger partial charge in [0.05, 0.1) is 25.9 Å². The Hall–Kier alpha value is -2.11. The van der Waals surface area contributed by atoms with E-state index in [-0.39, 0.29) is 25.6 Å². The van der Waals surface area contributed by atoms with Crippen LogP contribution in [0.3, 0.4) is 0 Å². The van der Waals surface area contributed by atoms with E-state index in [4.69, 9.17) is 19.1 Å². The van der Waals surface area contributed by atoms with Gasteiger partial charge < -0.3 is 29.7 Å². The Kier molecular flexibility index (Phi) is 32.3. The molecule has 0 rings (SSSR count). The van der Waals surface area contributed by atoms with E-state index < -0.39 is 51.8 Å². The summed E-state index contributed by atoms with van der Waals surface area (Å²) in [6.45, 7) is 4.08. The van der Waals surface area contributed by atoms with Crippen molar-refractivity contribution >= 4 is 19.8 Å². The van der Waals surface area contributed by atoms with Gasteiger partial charge in [-0.2, -0.15) is 0 Å². The second kappa shape index (κ2) is 33.7. The quantitative estimate of drug-likeness (QED) is 0.0217. The van der Waals surface area contributed by atoms with Crippen LogP contribution in [0.15, 0.2) is 48.6 Å². The molecule has 0 aromatic rings. The SMILES string of the molecule is CCC(C)CCCCCCCCC(=O)O[C@H](COC(=O)CCC/C=C\C/C=C\C/C=C\C/C=C\CCC[C@@H](C)O)COP(=O)(O)OC[C@@H](O)CO. The second-order valence-corrected chi connectivity index (χ2v) is 14.6. The molecular formula is C39H69O11P. The van der Waals surface area contributed by atoms with Crippen molar-refractivity contribution in [2.75, 3.05) is 26.4 Å². The van der Waals surface area contributed by atoms with Crippen molar-refractivity contribution in [1.29, 1.82) is 0 Å². The highest BCUT2D eigenvalue weighted by atomic mass is 31.2. The zero-order chi connectivity index (χ0) is 38.0. The molecular weight excluding hydrogens is 675 g/mol. The van der Waals surface area contributed by atoms with Crippen molar-refractivity contribution in [3.63, 3.8) is 0 Å². The van der Waals surface area contributed by atoms with E-state index in [0.29, 0.717) is 19.3 Å². The molecule has 11 nitrogen and oxygen atoms in total. The summed E-state index contributed by atoms with van der Waals surface area (Å²) in [6, 6.07) is 0. The number of ether oxygens (including phenoxy) is 2. The number of allylic oxidation sites excluding steroid dienone is 8. The number of aliphatic hydroxyl groups is 3. The average molecular weight is 745 g/mol. The maximum Gasteiger partial charge on any atom is 0.472 e. The van der Waals surface area contributed by atoms with Crippen LogP contribution in [0.25, 0.3) is 0 Å². The number of phosphoric acid groups is 1. The van der Waals surface area contributed by atoms with Crippen molar-refractivity contribution in [3.05, 3.63) is 48.6 Å². The van der Waals surface area contributed by atoms with Gasteiger partial charge >= 0.3 is 19.8 Å². The van der Waals surface area contributed by atoms with E-state index in [9.17, 15) is 29.3 Å². The lowest BCUT2D eigenvalue weighted by molar-refractivity contribution is -0.161. The first kappa shape index (κ1) is 48.9. The Labute approximate surface area is 307 Å². The lowest BCUT2D eigenvalue weighted by Gasteiger charge is -2.20. The zero-order valence-corrected chi connectivity index (χ0v) is 32.5. The third-order valence-electron chi connectivity index (χ3n) is 8.05. The predicted octanol–water partition coefficient (Wildman–Crippen LogP) is 8.21. The molecule has 0 aromatic heterocycles. The third kappa shape index (κ3) is 34.7. The van der Waals surface area contributed by atoms with Gasteiger partial charge in [0.15, 0.2) is 6.10 Å². The highest BCUT2D eigenvalue weighted by molar-refractivity contribution is 7.47. The van der Waals surface area contributed by atoms with Crippen molar-refractivity contribution in [2.24, 2.45) is 5.92 Å². The Balaban J connectivity index is 4.46. The van der Waals surface area contributed by atoms with Crippen LogP contribution in [-0.2, 0) is 32.7 Å². The summed E-state index contributed by atoms with van der Waals surface area (Å²) >= 11 is 0. The molecule has 2 unspecified atom stereocenters. The molecule has 5 atom stereocenters. The summed E-state index contributed by atoms with van der Waals surface area (Å²) in [5, 5.41) is 27.5. The Morgan fingerprint density at radius 2 is 1.20 bits per heavy atom. The van der Waals surface area contributed by atoms with Crippen molar-refractivity contribution in [2.45, 2.75) is 155 Å². The average Bonchev–Trinajstić information content (AvgIpc) is 3.10. The lowest BCUT2D eigenvalue weighted by Crippen LogP contribution is -2.29. The number of aliphatic hydroxyl groups excluding tert-OH is 3. The molecule has 0 amide bonds. The fourth-order valence-corrected chi connectivity index (χ4v) is 5.47. The minimum Gasteiger partial charge on any atom is -0.462 e. The molecule has 0 saturated carbocycles. The molecule has 0 heterocycles. The minimum absolute atomic E-state index is 0.152. The molecule has 0 aliphatic heterocycles. The number of rotatable bonds is 34. The summed E-state index contributed by atoms with van der Waals surface area (Å²) in [5.74, 6) is -0.261. The number of hydrogen-bond donors (Lipinski definition) is 4. The van der Waals surface area contributed by atoms with Crippen LogP contribution in [0, 0.1) is 5.92 Å². The molecule has 0 bridgehead atoms. The Morgan fingerprint density at radius 3 is 1.78 bits per heavy atom. The van der Waals surface area contributed by atoms with Crippen LogP contribution in [-0.4, -0.2) is 76.9 Å². The van der Waals surface area contributed by atoms with E-state index in [0.717, 1.165) is 63.7 Å². The normalized spacial score (nSPS) is 15.8. The summed E-state index contributed by atoms with van der Waals surface area (Å²) < 4.78 is 32.5. The van der Waals surface area contributed by atoms with Gasteiger partial charge in [-0.3, -0.25) is 18.6 Å².